The largest absolute Gasteiger partial charge is 0.371 e. The predicted octanol–water partition coefficient (Wildman–Crippen LogP) is 1.29. The number of hydrogen-bond donors (Lipinski definition) is 1. The van der Waals surface area contributed by atoms with Gasteiger partial charge < -0.3 is 5.32 Å². The Bertz CT molecular complexity index is 311. The number of aliphatic imine (C=N–C) groups is 1. The van der Waals surface area contributed by atoms with Crippen molar-refractivity contribution >= 4 is 5.84 Å². The van der Waals surface area contributed by atoms with Crippen LogP contribution < -0.4 is 5.32 Å². The van der Waals surface area contributed by atoms with Crippen LogP contribution in [0.1, 0.15) is 27.7 Å². The molecule has 0 saturated carbocycles. The fourth-order valence-corrected chi connectivity index (χ4v) is 3.15. The van der Waals surface area contributed by atoms with E-state index in [-0.39, 0.29) is 0 Å². The van der Waals surface area contributed by atoms with E-state index in [9.17, 15) is 0 Å². The number of amidine groups is 1. The SMILES string of the molecule is CC(C)CN1CCN(CC(C)C)[C@H](C2=NCCN2)C1. The van der Waals surface area contributed by atoms with Gasteiger partial charge in [-0.2, -0.15) is 0 Å². The van der Waals surface area contributed by atoms with Gasteiger partial charge in [-0.05, 0) is 11.8 Å². The van der Waals surface area contributed by atoms with Crippen molar-refractivity contribution in [3.63, 3.8) is 0 Å². The van der Waals surface area contributed by atoms with E-state index in [1.807, 2.05) is 0 Å². The number of nitrogens with zero attached hydrogens (tertiary/aromatic N) is 3. The van der Waals surface area contributed by atoms with Crippen LogP contribution in [0.2, 0.25) is 0 Å². The zero-order valence-electron chi connectivity index (χ0n) is 13.0. The molecule has 0 aromatic rings. The summed E-state index contributed by atoms with van der Waals surface area (Å²) in [5.41, 5.74) is 0. The second kappa shape index (κ2) is 6.71. The van der Waals surface area contributed by atoms with Crippen LogP contribution in [0.3, 0.4) is 0 Å². The van der Waals surface area contributed by atoms with Gasteiger partial charge in [0.2, 0.25) is 0 Å². The molecule has 1 saturated heterocycles. The fourth-order valence-electron chi connectivity index (χ4n) is 3.15. The van der Waals surface area contributed by atoms with Crippen molar-refractivity contribution < 1.29 is 0 Å². The lowest BCUT2D eigenvalue weighted by atomic mass is 10.1. The number of hydrogen-bond acceptors (Lipinski definition) is 4. The van der Waals surface area contributed by atoms with Crippen molar-refractivity contribution in [2.45, 2.75) is 33.7 Å². The van der Waals surface area contributed by atoms with Crippen LogP contribution in [0.4, 0.5) is 0 Å². The monoisotopic (exact) mass is 266 g/mol. The summed E-state index contributed by atoms with van der Waals surface area (Å²) in [5, 5.41) is 3.49. The highest BCUT2D eigenvalue weighted by atomic mass is 15.3. The Kier molecular flexibility index (Phi) is 5.22. The molecule has 1 atom stereocenters. The summed E-state index contributed by atoms with van der Waals surface area (Å²) in [7, 11) is 0. The van der Waals surface area contributed by atoms with Crippen molar-refractivity contribution in [1.82, 2.24) is 15.1 Å². The second-order valence-electron chi connectivity index (χ2n) is 6.75. The smallest absolute Gasteiger partial charge is 0.115 e. The van der Waals surface area contributed by atoms with Gasteiger partial charge in [0.1, 0.15) is 5.84 Å². The summed E-state index contributed by atoms with van der Waals surface area (Å²) in [6, 6.07) is 0.484. The minimum atomic E-state index is 0.484. The highest BCUT2D eigenvalue weighted by molar-refractivity contribution is 5.89. The molecule has 0 bridgehead atoms. The van der Waals surface area contributed by atoms with Crippen molar-refractivity contribution in [2.24, 2.45) is 16.8 Å². The molecule has 0 amide bonds. The quantitative estimate of drug-likeness (QED) is 0.813. The third-order valence-electron chi connectivity index (χ3n) is 3.81. The molecule has 0 aromatic heterocycles. The van der Waals surface area contributed by atoms with Crippen molar-refractivity contribution in [3.05, 3.63) is 0 Å². The van der Waals surface area contributed by atoms with Crippen molar-refractivity contribution in [1.29, 1.82) is 0 Å². The van der Waals surface area contributed by atoms with E-state index in [0.29, 0.717) is 6.04 Å². The molecule has 2 rings (SSSR count). The Morgan fingerprint density at radius 2 is 1.89 bits per heavy atom. The number of rotatable bonds is 5. The minimum Gasteiger partial charge on any atom is -0.371 e. The standard InChI is InChI=1S/C15H30N4/c1-12(2)9-18-7-8-19(10-13(3)4)14(11-18)15-16-5-6-17-15/h12-14H,5-11H2,1-4H3,(H,16,17)/t14-/m0/s1. The molecule has 1 N–H and O–H groups in total. The molecule has 0 spiro atoms. The average Bonchev–Trinajstić information content (AvgIpc) is 2.83. The molecule has 0 radical (unpaired) electrons. The van der Waals surface area contributed by atoms with Gasteiger partial charge in [0.25, 0.3) is 0 Å². The Labute approximate surface area is 118 Å². The lowest BCUT2D eigenvalue weighted by Gasteiger charge is -2.42. The second-order valence-corrected chi connectivity index (χ2v) is 6.75. The average molecular weight is 266 g/mol. The Morgan fingerprint density at radius 3 is 2.47 bits per heavy atom. The molecule has 2 aliphatic rings. The first-order chi connectivity index (χ1) is 9.06. The first-order valence-electron chi connectivity index (χ1n) is 7.81. The summed E-state index contributed by atoms with van der Waals surface area (Å²) >= 11 is 0. The van der Waals surface area contributed by atoms with E-state index in [4.69, 9.17) is 0 Å². The Morgan fingerprint density at radius 1 is 1.16 bits per heavy atom. The van der Waals surface area contributed by atoms with Gasteiger partial charge in [0.15, 0.2) is 0 Å². The minimum absolute atomic E-state index is 0.484. The maximum atomic E-state index is 4.67. The van der Waals surface area contributed by atoms with Gasteiger partial charge in [-0.25, -0.2) is 0 Å². The van der Waals surface area contributed by atoms with Crippen LogP contribution in [0.25, 0.3) is 0 Å². The van der Waals surface area contributed by atoms with Crippen molar-refractivity contribution in [2.75, 3.05) is 45.8 Å². The zero-order valence-corrected chi connectivity index (χ0v) is 13.0. The zero-order chi connectivity index (χ0) is 13.8. The highest BCUT2D eigenvalue weighted by Crippen LogP contribution is 2.15. The summed E-state index contributed by atoms with van der Waals surface area (Å²) < 4.78 is 0. The van der Waals surface area contributed by atoms with E-state index in [0.717, 1.165) is 31.5 Å². The van der Waals surface area contributed by atoms with Crippen LogP contribution in [0.5, 0.6) is 0 Å². The Hall–Kier alpha value is -0.610. The van der Waals surface area contributed by atoms with Gasteiger partial charge in [0, 0.05) is 39.3 Å². The Balaban J connectivity index is 2.00. The fraction of sp³-hybridized carbons (Fsp3) is 0.933. The van der Waals surface area contributed by atoms with Gasteiger partial charge in [-0.3, -0.25) is 14.8 Å². The molecule has 110 valence electrons. The molecular weight excluding hydrogens is 236 g/mol. The third kappa shape index (κ3) is 4.18. The topological polar surface area (TPSA) is 30.9 Å². The summed E-state index contributed by atoms with van der Waals surface area (Å²) in [6.07, 6.45) is 0. The molecule has 0 aromatic carbocycles. The van der Waals surface area contributed by atoms with Gasteiger partial charge in [0.05, 0.1) is 12.6 Å². The summed E-state index contributed by atoms with van der Waals surface area (Å²) in [5.74, 6) is 2.70. The van der Waals surface area contributed by atoms with Crippen LogP contribution >= 0.6 is 0 Å². The molecular formula is C15H30N4. The van der Waals surface area contributed by atoms with E-state index in [1.54, 1.807) is 0 Å². The molecule has 2 aliphatic heterocycles. The normalized spacial score (nSPS) is 26.0. The van der Waals surface area contributed by atoms with Gasteiger partial charge in [-0.1, -0.05) is 27.7 Å². The lowest BCUT2D eigenvalue weighted by molar-refractivity contribution is 0.0876. The van der Waals surface area contributed by atoms with Crippen LogP contribution in [-0.4, -0.2) is 67.5 Å². The van der Waals surface area contributed by atoms with Crippen molar-refractivity contribution in [3.8, 4) is 0 Å². The summed E-state index contributed by atoms with van der Waals surface area (Å²) in [6.45, 7) is 17.1. The van der Waals surface area contributed by atoms with Crippen LogP contribution in [0.15, 0.2) is 4.99 Å². The van der Waals surface area contributed by atoms with Gasteiger partial charge >= 0.3 is 0 Å². The lowest BCUT2D eigenvalue weighted by Crippen LogP contribution is -2.59. The molecule has 4 nitrogen and oxygen atoms in total. The first kappa shape index (κ1) is 14.8. The molecule has 2 heterocycles. The summed E-state index contributed by atoms with van der Waals surface area (Å²) in [4.78, 5) is 9.90. The molecule has 1 fully saturated rings. The van der Waals surface area contributed by atoms with E-state index < -0.39 is 0 Å². The van der Waals surface area contributed by atoms with E-state index in [1.165, 1.54) is 32.0 Å². The first-order valence-corrected chi connectivity index (χ1v) is 7.81. The van der Waals surface area contributed by atoms with Crippen LogP contribution in [-0.2, 0) is 0 Å². The molecule has 0 unspecified atom stereocenters. The highest BCUT2D eigenvalue weighted by Gasteiger charge is 2.32. The maximum absolute atomic E-state index is 4.67. The number of piperazine rings is 1. The number of nitrogens with one attached hydrogen (secondary N) is 1. The molecule has 4 heteroatoms. The molecule has 19 heavy (non-hydrogen) atoms. The molecule has 0 aliphatic carbocycles. The van der Waals surface area contributed by atoms with Gasteiger partial charge in [-0.15, -0.1) is 0 Å². The maximum Gasteiger partial charge on any atom is 0.115 e. The van der Waals surface area contributed by atoms with Crippen LogP contribution in [0, 0.1) is 11.8 Å². The third-order valence-corrected chi connectivity index (χ3v) is 3.81. The van der Waals surface area contributed by atoms with E-state index >= 15 is 0 Å². The predicted molar refractivity (Wildman–Crippen MR) is 81.8 cm³/mol. The van der Waals surface area contributed by atoms with E-state index in [2.05, 4.69) is 47.8 Å².